The number of nitrogens with zero attached hydrogens (tertiary/aromatic N) is 5. The molecule has 0 radical (unpaired) electrons. The maximum atomic E-state index is 4.76. The molecule has 148 valence electrons. The monoisotopic (exact) mass is 378 g/mol. The second-order valence-corrected chi connectivity index (χ2v) is 7.77. The molecular formula is C22H30N6. The van der Waals surface area contributed by atoms with Crippen molar-refractivity contribution in [3.05, 3.63) is 48.0 Å². The minimum Gasteiger partial charge on any atom is -0.363 e. The Bertz CT molecular complexity index is 880. The predicted octanol–water partition coefficient (Wildman–Crippen LogP) is 2.32. The molecule has 0 spiro atoms. The van der Waals surface area contributed by atoms with Crippen LogP contribution in [0.1, 0.15) is 12.0 Å². The lowest BCUT2D eigenvalue weighted by atomic mass is 10.1. The van der Waals surface area contributed by atoms with Gasteiger partial charge in [0.05, 0.1) is 5.52 Å². The molecule has 6 nitrogen and oxygen atoms in total. The molecule has 6 heteroatoms. The van der Waals surface area contributed by atoms with Crippen molar-refractivity contribution in [3.63, 3.8) is 0 Å². The van der Waals surface area contributed by atoms with Crippen molar-refractivity contribution in [1.29, 1.82) is 0 Å². The van der Waals surface area contributed by atoms with Crippen molar-refractivity contribution < 1.29 is 0 Å². The quantitative estimate of drug-likeness (QED) is 0.503. The van der Waals surface area contributed by atoms with Gasteiger partial charge >= 0.3 is 0 Å². The third-order valence-corrected chi connectivity index (χ3v) is 5.72. The van der Waals surface area contributed by atoms with Gasteiger partial charge < -0.3 is 15.1 Å². The zero-order chi connectivity index (χ0) is 19.5. The zero-order valence-corrected chi connectivity index (χ0v) is 17.1. The van der Waals surface area contributed by atoms with E-state index in [9.17, 15) is 0 Å². The molecule has 1 saturated heterocycles. The highest BCUT2D eigenvalue weighted by molar-refractivity contribution is 5.85. The Hall–Kier alpha value is -2.60. The lowest BCUT2D eigenvalue weighted by molar-refractivity contribution is 0.259. The van der Waals surface area contributed by atoms with E-state index >= 15 is 0 Å². The molecular weight excluding hydrogens is 348 g/mol. The van der Waals surface area contributed by atoms with E-state index in [0.717, 1.165) is 50.0 Å². The molecule has 0 aliphatic carbocycles. The summed E-state index contributed by atoms with van der Waals surface area (Å²) in [5, 5.41) is 4.79. The van der Waals surface area contributed by atoms with E-state index < -0.39 is 0 Å². The van der Waals surface area contributed by atoms with Gasteiger partial charge in [-0.2, -0.15) is 0 Å². The van der Waals surface area contributed by atoms with E-state index in [1.165, 1.54) is 17.4 Å². The van der Waals surface area contributed by atoms with Crippen molar-refractivity contribution in [2.24, 2.45) is 4.99 Å². The summed E-state index contributed by atoms with van der Waals surface area (Å²) in [5.74, 6) is 1.97. The second kappa shape index (κ2) is 8.19. The highest BCUT2D eigenvalue weighted by atomic mass is 15.3. The summed E-state index contributed by atoms with van der Waals surface area (Å²) in [5.41, 5.74) is 2.28. The molecule has 2 aliphatic heterocycles. The van der Waals surface area contributed by atoms with E-state index in [1.54, 1.807) is 0 Å². The van der Waals surface area contributed by atoms with Crippen LogP contribution in [0.25, 0.3) is 10.9 Å². The minimum absolute atomic E-state index is 0.621. The van der Waals surface area contributed by atoms with Crippen molar-refractivity contribution >= 4 is 22.7 Å². The molecule has 4 rings (SSSR count). The summed E-state index contributed by atoms with van der Waals surface area (Å²) in [6.45, 7) is 5.01. The molecule has 0 amide bonds. The summed E-state index contributed by atoms with van der Waals surface area (Å²) in [4.78, 5) is 16.3. The van der Waals surface area contributed by atoms with Crippen LogP contribution < -0.4 is 10.2 Å². The fourth-order valence-electron chi connectivity index (χ4n) is 4.14. The van der Waals surface area contributed by atoms with E-state index in [2.05, 4.69) is 61.4 Å². The van der Waals surface area contributed by atoms with Crippen LogP contribution in [0.15, 0.2) is 47.5 Å². The van der Waals surface area contributed by atoms with Crippen molar-refractivity contribution in [1.82, 2.24) is 20.1 Å². The highest BCUT2D eigenvalue weighted by Crippen LogP contribution is 2.22. The maximum absolute atomic E-state index is 4.76. The van der Waals surface area contributed by atoms with Gasteiger partial charge in [0.1, 0.15) is 5.82 Å². The topological polar surface area (TPSA) is 47.0 Å². The molecule has 2 aromatic rings. The first-order valence-corrected chi connectivity index (χ1v) is 10.1. The normalized spacial score (nSPS) is 20.3. The maximum Gasteiger partial charge on any atom is 0.193 e. The van der Waals surface area contributed by atoms with E-state index in [1.807, 2.05) is 27.2 Å². The molecule has 0 saturated carbocycles. The Balaban J connectivity index is 1.47. The molecule has 1 atom stereocenters. The molecule has 1 unspecified atom stereocenters. The summed E-state index contributed by atoms with van der Waals surface area (Å²) >= 11 is 0. The number of benzene rings is 1. The van der Waals surface area contributed by atoms with Gasteiger partial charge in [0.15, 0.2) is 5.96 Å². The van der Waals surface area contributed by atoms with Crippen molar-refractivity contribution in [2.75, 3.05) is 52.2 Å². The Morgan fingerprint density at radius 1 is 1.25 bits per heavy atom. The Morgan fingerprint density at radius 3 is 2.79 bits per heavy atom. The fraction of sp³-hybridized carbons (Fsp3) is 0.455. The first kappa shape index (κ1) is 18.7. The summed E-state index contributed by atoms with van der Waals surface area (Å²) in [6, 6.07) is 11.1. The third kappa shape index (κ3) is 3.83. The third-order valence-electron chi connectivity index (χ3n) is 5.72. The van der Waals surface area contributed by atoms with Crippen LogP contribution in [0, 0.1) is 0 Å². The zero-order valence-electron chi connectivity index (χ0n) is 17.1. The lowest BCUT2D eigenvalue weighted by Crippen LogP contribution is -2.42. The SMILES string of the molecule is CN=C(NCc1cc(N(C)C)nc2ccccc12)N1CCC(N2CC=CC2)C1. The molecule has 3 heterocycles. The Labute approximate surface area is 167 Å². The highest BCUT2D eigenvalue weighted by Gasteiger charge is 2.29. The summed E-state index contributed by atoms with van der Waals surface area (Å²) < 4.78 is 0. The largest absolute Gasteiger partial charge is 0.363 e. The summed E-state index contributed by atoms with van der Waals surface area (Å²) in [6.07, 6.45) is 5.74. The van der Waals surface area contributed by atoms with Gasteiger partial charge in [-0.05, 0) is 24.1 Å². The van der Waals surface area contributed by atoms with Crippen LogP contribution in [-0.4, -0.2) is 74.1 Å². The number of nitrogens with one attached hydrogen (secondary N) is 1. The number of likely N-dealkylation sites (tertiary alicyclic amines) is 1. The molecule has 1 fully saturated rings. The number of hydrogen-bond donors (Lipinski definition) is 1. The van der Waals surface area contributed by atoms with Gasteiger partial charge in [0.2, 0.25) is 0 Å². The smallest absolute Gasteiger partial charge is 0.193 e. The van der Waals surface area contributed by atoms with Crippen LogP contribution in [0.3, 0.4) is 0 Å². The average Bonchev–Trinajstić information content (AvgIpc) is 3.40. The standard InChI is InChI=1S/C22H30N6/c1-23-22(28-13-10-18(16-28)27-11-6-7-12-27)24-15-17-14-21(26(2)3)25-20-9-5-4-8-19(17)20/h4-9,14,18H,10-13,15-16H2,1-3H3,(H,23,24). The second-order valence-electron chi connectivity index (χ2n) is 7.77. The average molecular weight is 379 g/mol. The first-order valence-electron chi connectivity index (χ1n) is 10.1. The van der Waals surface area contributed by atoms with E-state index in [-0.39, 0.29) is 0 Å². The molecule has 1 N–H and O–H groups in total. The molecule has 28 heavy (non-hydrogen) atoms. The Morgan fingerprint density at radius 2 is 2.04 bits per heavy atom. The molecule has 1 aromatic carbocycles. The van der Waals surface area contributed by atoms with Crippen LogP contribution >= 0.6 is 0 Å². The first-order chi connectivity index (χ1) is 13.7. The molecule has 1 aromatic heterocycles. The number of guanidine groups is 1. The molecule has 0 bridgehead atoms. The number of hydrogen-bond acceptors (Lipinski definition) is 4. The van der Waals surface area contributed by atoms with Crippen LogP contribution in [0.5, 0.6) is 0 Å². The number of anilines is 1. The van der Waals surface area contributed by atoms with Crippen LogP contribution in [0.2, 0.25) is 0 Å². The fourth-order valence-corrected chi connectivity index (χ4v) is 4.14. The predicted molar refractivity (Wildman–Crippen MR) is 117 cm³/mol. The number of aromatic nitrogens is 1. The van der Waals surface area contributed by atoms with Gasteiger partial charge in [-0.1, -0.05) is 30.4 Å². The molecule has 2 aliphatic rings. The number of pyridine rings is 1. The summed E-state index contributed by atoms with van der Waals surface area (Å²) in [7, 11) is 5.94. The van der Waals surface area contributed by atoms with Gasteiger partial charge in [-0.3, -0.25) is 9.89 Å². The van der Waals surface area contributed by atoms with E-state index in [4.69, 9.17) is 4.98 Å². The Kier molecular flexibility index (Phi) is 5.48. The number of rotatable bonds is 4. The van der Waals surface area contributed by atoms with Crippen LogP contribution in [-0.2, 0) is 6.54 Å². The minimum atomic E-state index is 0.621. The number of fused-ring (bicyclic) bond motifs is 1. The van der Waals surface area contributed by atoms with Crippen molar-refractivity contribution in [3.8, 4) is 0 Å². The number of aliphatic imine (C=N–C) groups is 1. The van der Waals surface area contributed by atoms with E-state index in [0.29, 0.717) is 6.04 Å². The van der Waals surface area contributed by atoms with Gasteiger partial charge in [0, 0.05) is 65.3 Å². The van der Waals surface area contributed by atoms with Gasteiger partial charge in [-0.15, -0.1) is 0 Å². The van der Waals surface area contributed by atoms with Gasteiger partial charge in [0.25, 0.3) is 0 Å². The van der Waals surface area contributed by atoms with Crippen molar-refractivity contribution in [2.45, 2.75) is 19.0 Å². The van der Waals surface area contributed by atoms with Gasteiger partial charge in [-0.25, -0.2) is 4.98 Å². The van der Waals surface area contributed by atoms with Crippen LogP contribution in [0.4, 0.5) is 5.82 Å². The number of para-hydroxylation sites is 1. The lowest BCUT2D eigenvalue weighted by Gasteiger charge is -2.25.